The Morgan fingerprint density at radius 1 is 1.16 bits per heavy atom. The second kappa shape index (κ2) is 11.7. The molecule has 0 saturated carbocycles. The molecule has 0 saturated heterocycles. The Morgan fingerprint density at radius 3 is 2.41 bits per heavy atom. The van der Waals surface area contributed by atoms with Gasteiger partial charge in [-0.05, 0) is 43.2 Å². The Kier molecular flexibility index (Phi) is 9.28. The van der Waals surface area contributed by atoms with Crippen LogP contribution in [0.4, 0.5) is 5.69 Å². The Bertz CT molecular complexity index is 1050. The predicted octanol–water partition coefficient (Wildman–Crippen LogP) is 4.18. The number of para-hydroxylation sites is 1. The molecule has 0 unspecified atom stereocenters. The quantitative estimate of drug-likeness (QED) is 0.386. The largest absolute Gasteiger partial charge is 0.452 e. The fourth-order valence-electron chi connectivity index (χ4n) is 2.97. The Balaban J connectivity index is 2.26. The van der Waals surface area contributed by atoms with Gasteiger partial charge < -0.3 is 10.1 Å². The van der Waals surface area contributed by atoms with E-state index in [1.165, 1.54) is 22.5 Å². The first kappa shape index (κ1) is 25.4. The maximum absolute atomic E-state index is 13.3. The molecule has 1 N–H and O–H groups in total. The molecule has 0 heterocycles. The zero-order valence-corrected chi connectivity index (χ0v) is 19.7. The summed E-state index contributed by atoms with van der Waals surface area (Å²) in [5.74, 6) is -1.32. The fraction of sp³-hybridized carbons (Fsp3) is 0.304. The van der Waals surface area contributed by atoms with Gasteiger partial charge in [-0.2, -0.15) is 0 Å². The van der Waals surface area contributed by atoms with E-state index in [1.807, 2.05) is 13.8 Å². The minimum Gasteiger partial charge on any atom is -0.452 e. The van der Waals surface area contributed by atoms with E-state index >= 15 is 0 Å². The summed E-state index contributed by atoms with van der Waals surface area (Å²) in [6, 6.07) is 12.3. The van der Waals surface area contributed by atoms with Crippen molar-refractivity contribution in [3.63, 3.8) is 0 Å². The van der Waals surface area contributed by atoms with Crippen LogP contribution in [0.5, 0.6) is 0 Å². The SMILES string of the molecule is C=CCN(c1ccccc1)S(=O)(=O)c1ccc(Cl)c(C(=O)OCC(=O)NC(CC)CC)c1. The maximum atomic E-state index is 13.3. The van der Waals surface area contributed by atoms with Crippen LogP contribution in [0.3, 0.4) is 0 Å². The molecule has 0 spiro atoms. The van der Waals surface area contributed by atoms with E-state index in [0.717, 1.165) is 18.9 Å². The van der Waals surface area contributed by atoms with E-state index in [-0.39, 0.29) is 28.1 Å². The van der Waals surface area contributed by atoms with Crippen LogP contribution in [0.2, 0.25) is 5.02 Å². The maximum Gasteiger partial charge on any atom is 0.340 e. The van der Waals surface area contributed by atoms with Crippen LogP contribution in [0.1, 0.15) is 37.0 Å². The van der Waals surface area contributed by atoms with Crippen molar-refractivity contribution in [3.05, 3.63) is 71.8 Å². The zero-order chi connectivity index (χ0) is 23.7. The third kappa shape index (κ3) is 6.34. The van der Waals surface area contributed by atoms with Crippen LogP contribution >= 0.6 is 11.6 Å². The molecule has 32 heavy (non-hydrogen) atoms. The Labute approximate surface area is 194 Å². The molecule has 0 fully saturated rings. The summed E-state index contributed by atoms with van der Waals surface area (Å²) < 4.78 is 32.8. The Hall–Kier alpha value is -2.84. The number of nitrogens with one attached hydrogen (secondary N) is 1. The summed E-state index contributed by atoms with van der Waals surface area (Å²) in [7, 11) is -4.03. The summed E-state index contributed by atoms with van der Waals surface area (Å²) >= 11 is 6.12. The molecule has 9 heteroatoms. The molecule has 0 aromatic heterocycles. The third-order valence-corrected chi connectivity index (χ3v) is 6.89. The van der Waals surface area contributed by atoms with Crippen LogP contribution in [-0.4, -0.2) is 39.5 Å². The van der Waals surface area contributed by atoms with E-state index in [4.69, 9.17) is 16.3 Å². The van der Waals surface area contributed by atoms with Gasteiger partial charge in [0.1, 0.15) is 0 Å². The number of esters is 1. The number of carbonyl (C=O) groups is 2. The lowest BCUT2D eigenvalue weighted by Crippen LogP contribution is -2.36. The molecule has 2 aromatic carbocycles. The fourth-order valence-corrected chi connectivity index (χ4v) is 4.63. The van der Waals surface area contributed by atoms with Gasteiger partial charge in [0, 0.05) is 6.04 Å². The van der Waals surface area contributed by atoms with Gasteiger partial charge in [-0.1, -0.05) is 49.7 Å². The molecule has 1 amide bonds. The molecular weight excluding hydrogens is 452 g/mol. The van der Waals surface area contributed by atoms with Crippen molar-refractivity contribution in [1.82, 2.24) is 5.32 Å². The number of halogens is 1. The lowest BCUT2D eigenvalue weighted by Gasteiger charge is -2.23. The zero-order valence-electron chi connectivity index (χ0n) is 18.1. The lowest BCUT2D eigenvalue weighted by atomic mass is 10.2. The highest BCUT2D eigenvalue weighted by Crippen LogP contribution is 2.27. The molecule has 0 aliphatic heterocycles. The second-order valence-corrected chi connectivity index (χ2v) is 9.23. The first-order valence-corrected chi connectivity index (χ1v) is 12.0. The second-order valence-electron chi connectivity index (χ2n) is 6.96. The first-order chi connectivity index (χ1) is 15.2. The number of amides is 1. The smallest absolute Gasteiger partial charge is 0.340 e. The molecule has 172 valence electrons. The van der Waals surface area contributed by atoms with Crippen molar-refractivity contribution >= 4 is 39.2 Å². The van der Waals surface area contributed by atoms with Crippen molar-refractivity contribution < 1.29 is 22.7 Å². The number of nitrogens with zero attached hydrogens (tertiary/aromatic N) is 1. The van der Waals surface area contributed by atoms with Crippen molar-refractivity contribution in [3.8, 4) is 0 Å². The van der Waals surface area contributed by atoms with Crippen LogP contribution in [0.25, 0.3) is 0 Å². The summed E-state index contributed by atoms with van der Waals surface area (Å²) in [5, 5.41) is 2.78. The van der Waals surface area contributed by atoms with Gasteiger partial charge in [0.15, 0.2) is 6.61 Å². The average molecular weight is 479 g/mol. The Morgan fingerprint density at radius 2 is 1.81 bits per heavy atom. The number of carbonyl (C=O) groups excluding carboxylic acids is 2. The number of rotatable bonds is 11. The van der Waals surface area contributed by atoms with Crippen molar-refractivity contribution in [2.45, 2.75) is 37.6 Å². The minimum absolute atomic E-state index is 0.00732. The molecule has 0 atom stereocenters. The van der Waals surface area contributed by atoms with Crippen molar-refractivity contribution in [2.24, 2.45) is 0 Å². The number of hydrogen-bond donors (Lipinski definition) is 1. The molecule has 0 bridgehead atoms. The van der Waals surface area contributed by atoms with Crippen LogP contribution in [0.15, 0.2) is 66.1 Å². The molecule has 7 nitrogen and oxygen atoms in total. The van der Waals surface area contributed by atoms with Gasteiger partial charge in [0.25, 0.3) is 15.9 Å². The molecule has 0 aliphatic carbocycles. The molecular formula is C23H27ClN2O5S. The standard InChI is InChI=1S/C23H27ClN2O5S/c1-4-14-26(18-10-8-7-9-11-18)32(29,30)19-12-13-21(24)20(15-19)23(28)31-16-22(27)25-17(5-2)6-3/h4,7-13,15,17H,1,5-6,14,16H2,2-3H3,(H,25,27). The highest BCUT2D eigenvalue weighted by molar-refractivity contribution is 7.92. The van der Waals surface area contributed by atoms with E-state index in [0.29, 0.717) is 5.69 Å². The number of ether oxygens (including phenoxy) is 1. The van der Waals surface area contributed by atoms with Gasteiger partial charge in [0.2, 0.25) is 0 Å². The summed E-state index contributed by atoms with van der Waals surface area (Å²) in [6.45, 7) is 7.05. The van der Waals surface area contributed by atoms with Gasteiger partial charge >= 0.3 is 5.97 Å². The summed E-state index contributed by atoms with van der Waals surface area (Å²) in [4.78, 5) is 24.4. The normalized spacial score (nSPS) is 11.1. The van der Waals surface area contributed by atoms with Crippen molar-refractivity contribution in [2.75, 3.05) is 17.5 Å². The number of sulfonamides is 1. The van der Waals surface area contributed by atoms with E-state index in [9.17, 15) is 18.0 Å². The van der Waals surface area contributed by atoms with E-state index in [1.54, 1.807) is 30.3 Å². The predicted molar refractivity (Wildman–Crippen MR) is 125 cm³/mol. The van der Waals surface area contributed by atoms with Crippen LogP contribution in [0, 0.1) is 0 Å². The minimum atomic E-state index is -4.03. The van der Waals surface area contributed by atoms with Crippen LogP contribution < -0.4 is 9.62 Å². The molecule has 2 aromatic rings. The molecule has 0 radical (unpaired) electrons. The number of hydrogen-bond acceptors (Lipinski definition) is 5. The number of benzene rings is 2. The highest BCUT2D eigenvalue weighted by Gasteiger charge is 2.26. The third-order valence-electron chi connectivity index (χ3n) is 4.77. The highest BCUT2D eigenvalue weighted by atomic mass is 35.5. The molecule has 2 rings (SSSR count). The van der Waals surface area contributed by atoms with E-state index < -0.39 is 28.5 Å². The van der Waals surface area contributed by atoms with Gasteiger partial charge in [-0.15, -0.1) is 6.58 Å². The van der Waals surface area contributed by atoms with Crippen molar-refractivity contribution in [1.29, 1.82) is 0 Å². The average Bonchev–Trinajstić information content (AvgIpc) is 2.79. The summed E-state index contributed by atoms with van der Waals surface area (Å²) in [5.41, 5.74) is 0.305. The van der Waals surface area contributed by atoms with Gasteiger partial charge in [0.05, 0.1) is 27.7 Å². The van der Waals surface area contributed by atoms with Gasteiger partial charge in [-0.3, -0.25) is 9.10 Å². The lowest BCUT2D eigenvalue weighted by molar-refractivity contribution is -0.125. The first-order valence-electron chi connectivity index (χ1n) is 10.2. The van der Waals surface area contributed by atoms with Crippen LogP contribution in [-0.2, 0) is 19.6 Å². The summed E-state index contributed by atoms with van der Waals surface area (Å²) in [6.07, 6.45) is 2.98. The van der Waals surface area contributed by atoms with Gasteiger partial charge in [-0.25, -0.2) is 13.2 Å². The topological polar surface area (TPSA) is 92.8 Å². The monoisotopic (exact) mass is 478 g/mol. The number of anilines is 1. The molecule has 0 aliphatic rings. The van der Waals surface area contributed by atoms with E-state index in [2.05, 4.69) is 11.9 Å².